The van der Waals surface area contributed by atoms with Crippen LogP contribution in [0.1, 0.15) is 5.69 Å². The van der Waals surface area contributed by atoms with Crippen molar-refractivity contribution in [2.45, 2.75) is 6.92 Å². The first-order chi connectivity index (χ1) is 13.2. The average Bonchev–Trinajstić information content (AvgIpc) is 3.03. The number of hydrogen-bond donors (Lipinski definition) is 1. The molecule has 1 saturated heterocycles. The van der Waals surface area contributed by atoms with Gasteiger partial charge in [-0.05, 0) is 43.3 Å². The molecule has 0 aliphatic carbocycles. The fourth-order valence-corrected chi connectivity index (χ4v) is 4.38. The van der Waals surface area contributed by atoms with Crippen LogP contribution in [0.25, 0.3) is 21.1 Å². The topological polar surface area (TPSA) is 58.1 Å². The summed E-state index contributed by atoms with van der Waals surface area (Å²) in [5.74, 6) is 0.0334. The second kappa shape index (κ2) is 6.32. The van der Waals surface area contributed by atoms with E-state index >= 15 is 0 Å². The average molecular weight is 374 g/mol. The highest BCUT2D eigenvalue weighted by atomic mass is 32.1. The lowest BCUT2D eigenvalue weighted by Crippen LogP contribution is -2.52. The van der Waals surface area contributed by atoms with Crippen LogP contribution in [0.4, 0.5) is 10.8 Å². The summed E-state index contributed by atoms with van der Waals surface area (Å²) in [6.45, 7) is 3.37. The lowest BCUT2D eigenvalue weighted by molar-refractivity contribution is -0.120. The van der Waals surface area contributed by atoms with Crippen LogP contribution in [0, 0.1) is 12.8 Å². The van der Waals surface area contributed by atoms with E-state index in [2.05, 4.69) is 26.3 Å². The summed E-state index contributed by atoms with van der Waals surface area (Å²) in [5.41, 5.74) is 3.71. The maximum Gasteiger partial charge on any atom is 0.231 e. The number of thiazole rings is 1. The number of pyridine rings is 1. The van der Waals surface area contributed by atoms with Gasteiger partial charge in [-0.15, -0.1) is 0 Å². The summed E-state index contributed by atoms with van der Waals surface area (Å²) in [5, 5.41) is 5.04. The molecule has 4 aromatic rings. The van der Waals surface area contributed by atoms with E-state index < -0.39 is 0 Å². The molecule has 6 heteroatoms. The van der Waals surface area contributed by atoms with Crippen LogP contribution in [-0.4, -0.2) is 29.0 Å². The zero-order chi connectivity index (χ0) is 18.4. The van der Waals surface area contributed by atoms with Gasteiger partial charge in [0.15, 0.2) is 5.13 Å². The molecule has 5 rings (SSSR count). The minimum absolute atomic E-state index is 0.0225. The van der Waals surface area contributed by atoms with E-state index in [0.717, 1.165) is 32.9 Å². The van der Waals surface area contributed by atoms with Gasteiger partial charge in [-0.25, -0.2) is 4.98 Å². The van der Waals surface area contributed by atoms with Crippen LogP contribution >= 0.6 is 11.3 Å². The van der Waals surface area contributed by atoms with Gasteiger partial charge in [0.1, 0.15) is 0 Å². The molecule has 2 aromatic carbocycles. The third kappa shape index (κ3) is 2.92. The molecule has 134 valence electrons. The summed E-state index contributed by atoms with van der Waals surface area (Å²) in [4.78, 5) is 24.0. The summed E-state index contributed by atoms with van der Waals surface area (Å²) in [6, 6.07) is 17.9. The van der Waals surface area contributed by atoms with Gasteiger partial charge in [0.25, 0.3) is 0 Å². The molecule has 3 heterocycles. The molecule has 1 fully saturated rings. The van der Waals surface area contributed by atoms with Gasteiger partial charge in [0.2, 0.25) is 5.91 Å². The Kier molecular flexibility index (Phi) is 3.79. The first-order valence-corrected chi connectivity index (χ1v) is 9.77. The molecular formula is C21H18N4OS. The van der Waals surface area contributed by atoms with Crippen molar-refractivity contribution < 1.29 is 4.79 Å². The number of aromatic nitrogens is 2. The van der Waals surface area contributed by atoms with Crippen molar-refractivity contribution >= 4 is 49.2 Å². The molecular weight excluding hydrogens is 356 g/mol. The monoisotopic (exact) mass is 374 g/mol. The van der Waals surface area contributed by atoms with Gasteiger partial charge in [-0.2, -0.15) is 0 Å². The number of benzene rings is 2. The normalized spacial score (nSPS) is 14.5. The summed E-state index contributed by atoms with van der Waals surface area (Å²) in [7, 11) is 0. The summed E-state index contributed by atoms with van der Waals surface area (Å²) >= 11 is 1.68. The van der Waals surface area contributed by atoms with Crippen molar-refractivity contribution in [1.29, 1.82) is 0 Å². The quantitative estimate of drug-likeness (QED) is 0.583. The highest BCUT2D eigenvalue weighted by Gasteiger charge is 2.34. The predicted molar refractivity (Wildman–Crippen MR) is 110 cm³/mol. The van der Waals surface area contributed by atoms with Gasteiger partial charge in [0, 0.05) is 24.2 Å². The molecule has 27 heavy (non-hydrogen) atoms. The number of rotatable bonds is 3. The van der Waals surface area contributed by atoms with Crippen molar-refractivity contribution in [2.75, 3.05) is 23.3 Å². The van der Waals surface area contributed by atoms with Gasteiger partial charge < -0.3 is 10.2 Å². The molecule has 0 radical (unpaired) electrons. The van der Waals surface area contributed by atoms with Crippen LogP contribution in [0.2, 0.25) is 0 Å². The molecule has 2 aromatic heterocycles. The zero-order valence-electron chi connectivity index (χ0n) is 14.8. The Balaban J connectivity index is 1.29. The number of fused-ring (bicyclic) bond motifs is 2. The maximum absolute atomic E-state index is 12.7. The predicted octanol–water partition coefficient (Wildman–Crippen LogP) is 4.23. The number of carbonyl (C=O) groups is 1. The minimum Gasteiger partial charge on any atom is -0.346 e. The molecule has 1 aliphatic rings. The number of aryl methyl sites for hydroxylation is 1. The fraction of sp³-hybridized carbons (Fsp3) is 0.190. The van der Waals surface area contributed by atoms with Crippen molar-refractivity contribution in [3.05, 3.63) is 60.3 Å². The van der Waals surface area contributed by atoms with E-state index in [4.69, 9.17) is 0 Å². The zero-order valence-corrected chi connectivity index (χ0v) is 15.7. The van der Waals surface area contributed by atoms with Gasteiger partial charge >= 0.3 is 0 Å². The lowest BCUT2D eigenvalue weighted by Gasteiger charge is -2.38. The molecule has 0 spiro atoms. The van der Waals surface area contributed by atoms with Crippen LogP contribution in [-0.2, 0) is 4.79 Å². The van der Waals surface area contributed by atoms with Crippen LogP contribution in [0.15, 0.2) is 54.6 Å². The molecule has 0 atom stereocenters. The van der Waals surface area contributed by atoms with Crippen LogP contribution in [0.3, 0.4) is 0 Å². The van der Waals surface area contributed by atoms with E-state index in [0.29, 0.717) is 13.1 Å². The fourth-order valence-electron chi connectivity index (χ4n) is 3.40. The van der Waals surface area contributed by atoms with Crippen molar-refractivity contribution in [2.24, 2.45) is 5.92 Å². The van der Waals surface area contributed by atoms with Gasteiger partial charge in [-0.3, -0.25) is 9.78 Å². The number of carbonyl (C=O) groups excluding carboxylic acids is 1. The Bertz CT molecular complexity index is 1130. The summed E-state index contributed by atoms with van der Waals surface area (Å²) in [6.07, 6.45) is 0. The molecule has 1 aliphatic heterocycles. The van der Waals surface area contributed by atoms with E-state index in [1.807, 2.05) is 55.5 Å². The Morgan fingerprint density at radius 2 is 1.85 bits per heavy atom. The Morgan fingerprint density at radius 1 is 1.04 bits per heavy atom. The number of hydrogen-bond acceptors (Lipinski definition) is 5. The van der Waals surface area contributed by atoms with E-state index in [-0.39, 0.29) is 11.8 Å². The second-order valence-corrected chi connectivity index (χ2v) is 7.89. The highest BCUT2D eigenvalue weighted by molar-refractivity contribution is 7.22. The smallest absolute Gasteiger partial charge is 0.231 e. The standard InChI is InChI=1S/C21H18N4OS/c1-13-9-10-15-16(22-13)6-4-7-17(15)23-20(26)14-11-25(12-14)21-24-18-5-2-3-8-19(18)27-21/h2-10,14H,11-12H2,1H3,(H,23,26). The molecule has 0 bridgehead atoms. The number of para-hydroxylation sites is 1. The number of amides is 1. The molecule has 5 nitrogen and oxygen atoms in total. The summed E-state index contributed by atoms with van der Waals surface area (Å²) < 4.78 is 1.18. The van der Waals surface area contributed by atoms with E-state index in [1.165, 1.54) is 4.70 Å². The third-order valence-electron chi connectivity index (χ3n) is 4.93. The molecule has 1 N–H and O–H groups in total. The number of anilines is 2. The van der Waals surface area contributed by atoms with E-state index in [9.17, 15) is 4.79 Å². The molecule has 1 amide bonds. The first-order valence-electron chi connectivity index (χ1n) is 8.95. The van der Waals surface area contributed by atoms with Crippen molar-refractivity contribution in [3.63, 3.8) is 0 Å². The number of nitrogens with zero attached hydrogens (tertiary/aromatic N) is 3. The Morgan fingerprint density at radius 3 is 2.70 bits per heavy atom. The number of nitrogens with one attached hydrogen (secondary N) is 1. The highest BCUT2D eigenvalue weighted by Crippen LogP contribution is 2.33. The third-order valence-corrected chi connectivity index (χ3v) is 6.03. The maximum atomic E-state index is 12.7. The van der Waals surface area contributed by atoms with E-state index in [1.54, 1.807) is 11.3 Å². The molecule has 0 unspecified atom stereocenters. The lowest BCUT2D eigenvalue weighted by atomic mass is 9.99. The Hall–Kier alpha value is -2.99. The first kappa shape index (κ1) is 16.2. The SMILES string of the molecule is Cc1ccc2c(NC(=O)C3CN(c4nc5ccccc5s4)C3)cccc2n1. The largest absolute Gasteiger partial charge is 0.346 e. The van der Waals surface area contributed by atoms with Crippen molar-refractivity contribution in [3.8, 4) is 0 Å². The Labute approximate surface area is 160 Å². The van der Waals surface area contributed by atoms with Crippen LogP contribution < -0.4 is 10.2 Å². The molecule has 0 saturated carbocycles. The van der Waals surface area contributed by atoms with Gasteiger partial charge in [0.05, 0.1) is 27.3 Å². The van der Waals surface area contributed by atoms with Crippen molar-refractivity contribution in [1.82, 2.24) is 9.97 Å². The minimum atomic E-state index is -0.0225. The van der Waals surface area contributed by atoms with Crippen LogP contribution in [0.5, 0.6) is 0 Å². The second-order valence-electron chi connectivity index (χ2n) is 6.88. The van der Waals surface area contributed by atoms with Gasteiger partial charge in [-0.1, -0.05) is 29.5 Å².